The molecule has 6 nitrogen and oxygen atoms in total. The second kappa shape index (κ2) is 10.0. The van der Waals surface area contributed by atoms with Crippen molar-refractivity contribution in [2.75, 3.05) is 7.11 Å². The molecule has 3 aromatic rings. The van der Waals surface area contributed by atoms with Crippen molar-refractivity contribution in [1.29, 1.82) is 0 Å². The second-order valence-electron chi connectivity index (χ2n) is 6.42. The molecular weight excluding hydrogens is 396 g/mol. The summed E-state index contributed by atoms with van der Waals surface area (Å²) in [7, 11) is 1.46. The summed E-state index contributed by atoms with van der Waals surface area (Å²) in [6, 6.07) is 20.1. The Morgan fingerprint density at radius 3 is 2.16 bits per heavy atom. The topological polar surface area (TPSA) is 78.9 Å². The molecule has 0 aliphatic rings. The van der Waals surface area contributed by atoms with Crippen LogP contribution >= 0.6 is 0 Å². The molecule has 0 aromatic heterocycles. The summed E-state index contributed by atoms with van der Waals surface area (Å²) in [5.74, 6) is -0.736. The smallest absolute Gasteiger partial charge is 0.343 e. The summed E-state index contributed by atoms with van der Waals surface area (Å²) in [6.45, 7) is 1.26. The van der Waals surface area contributed by atoms with E-state index in [9.17, 15) is 14.4 Å². The average molecular weight is 416 g/mol. The molecule has 3 aromatic carbocycles. The summed E-state index contributed by atoms with van der Waals surface area (Å²) in [4.78, 5) is 36.5. The molecular formula is C25H20O6. The van der Waals surface area contributed by atoms with Crippen molar-refractivity contribution in [2.45, 2.75) is 6.92 Å². The third-order valence-corrected chi connectivity index (χ3v) is 4.25. The Morgan fingerprint density at radius 2 is 1.45 bits per heavy atom. The van der Waals surface area contributed by atoms with Crippen LogP contribution < -0.4 is 14.2 Å². The van der Waals surface area contributed by atoms with Crippen molar-refractivity contribution in [3.63, 3.8) is 0 Å². The summed E-state index contributed by atoms with van der Waals surface area (Å²) < 4.78 is 16.0. The third kappa shape index (κ3) is 5.45. The molecule has 3 rings (SSSR count). The molecule has 0 amide bonds. The van der Waals surface area contributed by atoms with E-state index >= 15 is 0 Å². The first-order valence-electron chi connectivity index (χ1n) is 9.43. The molecule has 0 atom stereocenters. The van der Waals surface area contributed by atoms with E-state index in [0.29, 0.717) is 16.9 Å². The van der Waals surface area contributed by atoms with Gasteiger partial charge in [-0.2, -0.15) is 0 Å². The highest BCUT2D eigenvalue weighted by Crippen LogP contribution is 2.33. The zero-order valence-corrected chi connectivity index (χ0v) is 17.0. The minimum Gasteiger partial charge on any atom is -0.493 e. The molecule has 6 heteroatoms. The average Bonchev–Trinajstić information content (AvgIpc) is 2.78. The highest BCUT2D eigenvalue weighted by atomic mass is 16.6. The monoisotopic (exact) mass is 416 g/mol. The Bertz CT molecular complexity index is 1130. The fourth-order valence-corrected chi connectivity index (χ4v) is 2.83. The minimum atomic E-state index is -0.550. The van der Waals surface area contributed by atoms with Crippen molar-refractivity contribution < 1.29 is 28.6 Å². The molecule has 156 valence electrons. The van der Waals surface area contributed by atoms with E-state index in [0.717, 1.165) is 0 Å². The zero-order valence-electron chi connectivity index (χ0n) is 17.0. The second-order valence-corrected chi connectivity index (χ2v) is 6.42. The predicted molar refractivity (Wildman–Crippen MR) is 116 cm³/mol. The molecule has 0 saturated heterocycles. The van der Waals surface area contributed by atoms with Gasteiger partial charge in [0.2, 0.25) is 0 Å². The number of benzene rings is 3. The van der Waals surface area contributed by atoms with Gasteiger partial charge in [-0.1, -0.05) is 42.5 Å². The molecule has 0 fully saturated rings. The van der Waals surface area contributed by atoms with E-state index in [2.05, 4.69) is 0 Å². The van der Waals surface area contributed by atoms with Crippen molar-refractivity contribution >= 4 is 23.8 Å². The van der Waals surface area contributed by atoms with Crippen LogP contribution in [0.3, 0.4) is 0 Å². The standard InChI is InChI=1S/C25H20O6/c1-17(26)30-22-13-7-6-12-20(22)21(27)16-15-18-11-8-14-23(29-2)24(18)31-25(28)19-9-4-3-5-10-19/h3-16H,1-2H3/b16-15+. The van der Waals surface area contributed by atoms with Gasteiger partial charge in [0.1, 0.15) is 5.75 Å². The van der Waals surface area contributed by atoms with Gasteiger partial charge < -0.3 is 14.2 Å². The molecule has 0 N–H and O–H groups in total. The van der Waals surface area contributed by atoms with E-state index in [4.69, 9.17) is 14.2 Å². The van der Waals surface area contributed by atoms with Gasteiger partial charge in [0.25, 0.3) is 0 Å². The van der Waals surface area contributed by atoms with Crippen LogP contribution in [-0.4, -0.2) is 24.8 Å². The van der Waals surface area contributed by atoms with Gasteiger partial charge in [-0.3, -0.25) is 9.59 Å². The lowest BCUT2D eigenvalue weighted by atomic mass is 10.1. The lowest BCUT2D eigenvalue weighted by Gasteiger charge is -2.12. The van der Waals surface area contributed by atoms with E-state index in [-0.39, 0.29) is 22.8 Å². The summed E-state index contributed by atoms with van der Waals surface area (Å²) in [5.41, 5.74) is 1.09. The summed E-state index contributed by atoms with van der Waals surface area (Å²) in [6.07, 6.45) is 2.83. The number of rotatable bonds is 7. The normalized spacial score (nSPS) is 10.5. The quantitative estimate of drug-likeness (QED) is 0.240. The number of ether oxygens (including phenoxy) is 3. The van der Waals surface area contributed by atoms with Crippen molar-refractivity contribution in [1.82, 2.24) is 0 Å². The summed E-state index contributed by atoms with van der Waals surface area (Å²) >= 11 is 0. The fraction of sp³-hybridized carbons (Fsp3) is 0.0800. The Labute approximate surface area is 179 Å². The van der Waals surface area contributed by atoms with Crippen LogP contribution in [0.25, 0.3) is 6.08 Å². The Kier molecular flexibility index (Phi) is 6.96. The van der Waals surface area contributed by atoms with Crippen LogP contribution in [0.1, 0.15) is 33.2 Å². The molecule has 0 heterocycles. The van der Waals surface area contributed by atoms with Crippen molar-refractivity contribution in [2.24, 2.45) is 0 Å². The maximum Gasteiger partial charge on any atom is 0.343 e. The van der Waals surface area contributed by atoms with Gasteiger partial charge >= 0.3 is 11.9 Å². The molecule has 0 aliphatic heterocycles. The SMILES string of the molecule is COc1cccc(/C=C/C(=O)c2ccccc2OC(C)=O)c1OC(=O)c1ccccc1. The minimum absolute atomic E-state index is 0.172. The first kappa shape index (κ1) is 21.5. The first-order chi connectivity index (χ1) is 15.0. The Hall–Kier alpha value is -4.19. The third-order valence-electron chi connectivity index (χ3n) is 4.25. The van der Waals surface area contributed by atoms with Crippen LogP contribution in [0, 0.1) is 0 Å². The maximum absolute atomic E-state index is 12.7. The van der Waals surface area contributed by atoms with E-state index in [1.165, 1.54) is 26.2 Å². The first-order valence-corrected chi connectivity index (χ1v) is 9.43. The van der Waals surface area contributed by atoms with Gasteiger partial charge in [0.15, 0.2) is 17.3 Å². The lowest BCUT2D eigenvalue weighted by Crippen LogP contribution is -2.10. The van der Waals surface area contributed by atoms with Gasteiger partial charge in [0.05, 0.1) is 18.2 Å². The van der Waals surface area contributed by atoms with Crippen molar-refractivity contribution in [3.05, 3.63) is 95.6 Å². The molecule has 31 heavy (non-hydrogen) atoms. The zero-order chi connectivity index (χ0) is 22.2. The van der Waals surface area contributed by atoms with Crippen LogP contribution in [0.4, 0.5) is 0 Å². The van der Waals surface area contributed by atoms with Gasteiger partial charge in [-0.05, 0) is 42.5 Å². The number of allylic oxidation sites excluding steroid dienone is 1. The highest BCUT2D eigenvalue weighted by Gasteiger charge is 2.16. The molecule has 0 bridgehead atoms. The lowest BCUT2D eigenvalue weighted by molar-refractivity contribution is -0.131. The van der Waals surface area contributed by atoms with Gasteiger partial charge in [-0.25, -0.2) is 4.79 Å². The molecule has 0 radical (unpaired) electrons. The van der Waals surface area contributed by atoms with Crippen LogP contribution in [0.15, 0.2) is 78.9 Å². The largest absolute Gasteiger partial charge is 0.493 e. The molecule has 0 saturated carbocycles. The number of hydrogen-bond donors (Lipinski definition) is 0. The van der Waals surface area contributed by atoms with Crippen molar-refractivity contribution in [3.8, 4) is 17.2 Å². The number of para-hydroxylation sites is 2. The Balaban J connectivity index is 1.90. The van der Waals surface area contributed by atoms with Gasteiger partial charge in [0, 0.05) is 12.5 Å². The number of hydrogen-bond acceptors (Lipinski definition) is 6. The maximum atomic E-state index is 12.7. The van der Waals surface area contributed by atoms with Crippen LogP contribution in [0.2, 0.25) is 0 Å². The van der Waals surface area contributed by atoms with E-state index in [1.807, 2.05) is 0 Å². The fourth-order valence-electron chi connectivity index (χ4n) is 2.83. The predicted octanol–water partition coefficient (Wildman–Crippen LogP) is 4.74. The Morgan fingerprint density at radius 1 is 0.774 bits per heavy atom. The number of ketones is 1. The number of esters is 2. The van der Waals surface area contributed by atoms with E-state index in [1.54, 1.807) is 72.8 Å². The molecule has 0 spiro atoms. The summed E-state index contributed by atoms with van der Waals surface area (Å²) in [5, 5.41) is 0. The van der Waals surface area contributed by atoms with Crippen LogP contribution in [0.5, 0.6) is 17.2 Å². The molecule has 0 aliphatic carbocycles. The number of carbonyl (C=O) groups is 3. The molecule has 0 unspecified atom stereocenters. The number of carbonyl (C=O) groups excluding carboxylic acids is 3. The van der Waals surface area contributed by atoms with Gasteiger partial charge in [-0.15, -0.1) is 0 Å². The van der Waals surface area contributed by atoms with E-state index < -0.39 is 11.9 Å². The number of methoxy groups -OCH3 is 1. The highest BCUT2D eigenvalue weighted by molar-refractivity contribution is 6.09. The van der Waals surface area contributed by atoms with Crippen LogP contribution in [-0.2, 0) is 4.79 Å².